The minimum Gasteiger partial charge on any atom is -0.372 e. The summed E-state index contributed by atoms with van der Waals surface area (Å²) in [6.45, 7) is 1.12. The molecule has 1 spiro atoms. The first-order chi connectivity index (χ1) is 6.21. The standard InChI is InChI=1S/C10H11ClN2/c1-13-6-10(4-5-10)9-7(13)2-3-8(11)12-9/h2-3H,4-6H2,1H3. The molecule has 1 fully saturated rings. The van der Waals surface area contributed by atoms with E-state index in [0.29, 0.717) is 10.6 Å². The molecule has 1 aromatic rings. The Kier molecular flexibility index (Phi) is 1.28. The van der Waals surface area contributed by atoms with Crippen LogP contribution in [0.1, 0.15) is 18.5 Å². The average Bonchev–Trinajstić information content (AvgIpc) is 2.79. The van der Waals surface area contributed by atoms with Gasteiger partial charge >= 0.3 is 0 Å². The summed E-state index contributed by atoms with van der Waals surface area (Å²) in [6, 6.07) is 3.95. The highest BCUT2D eigenvalue weighted by Crippen LogP contribution is 2.55. The van der Waals surface area contributed by atoms with Crippen LogP contribution in [-0.2, 0) is 5.41 Å². The summed E-state index contributed by atoms with van der Waals surface area (Å²) >= 11 is 5.90. The molecule has 3 heteroatoms. The molecule has 1 aliphatic heterocycles. The highest BCUT2D eigenvalue weighted by molar-refractivity contribution is 6.29. The van der Waals surface area contributed by atoms with E-state index in [1.165, 1.54) is 24.2 Å². The lowest BCUT2D eigenvalue weighted by molar-refractivity contribution is 0.712. The summed E-state index contributed by atoms with van der Waals surface area (Å²) in [5.74, 6) is 0. The second kappa shape index (κ2) is 2.18. The Balaban J connectivity index is 2.20. The SMILES string of the molecule is CN1CC2(CC2)c2nc(Cl)ccc21. The van der Waals surface area contributed by atoms with Crippen molar-refractivity contribution in [3.8, 4) is 0 Å². The van der Waals surface area contributed by atoms with Gasteiger partial charge in [0.15, 0.2) is 0 Å². The molecule has 3 rings (SSSR count). The number of hydrogen-bond donors (Lipinski definition) is 0. The van der Waals surface area contributed by atoms with E-state index in [1.54, 1.807) is 0 Å². The monoisotopic (exact) mass is 194 g/mol. The summed E-state index contributed by atoms with van der Waals surface area (Å²) in [6.07, 6.45) is 2.55. The number of pyridine rings is 1. The number of nitrogens with zero attached hydrogens (tertiary/aromatic N) is 2. The highest BCUT2D eigenvalue weighted by Gasteiger charge is 2.52. The van der Waals surface area contributed by atoms with Gasteiger partial charge in [-0.05, 0) is 25.0 Å². The zero-order valence-electron chi connectivity index (χ0n) is 7.55. The molecule has 1 aliphatic carbocycles. The van der Waals surface area contributed by atoms with Gasteiger partial charge in [-0.2, -0.15) is 0 Å². The molecule has 13 heavy (non-hydrogen) atoms. The molecule has 2 nitrogen and oxygen atoms in total. The quantitative estimate of drug-likeness (QED) is 0.589. The van der Waals surface area contributed by atoms with Crippen LogP contribution in [0.3, 0.4) is 0 Å². The molecule has 1 saturated carbocycles. The van der Waals surface area contributed by atoms with Crippen molar-refractivity contribution in [3.63, 3.8) is 0 Å². The molecule has 2 heterocycles. The Morgan fingerprint density at radius 2 is 2.23 bits per heavy atom. The van der Waals surface area contributed by atoms with Crippen molar-refractivity contribution in [1.82, 2.24) is 4.98 Å². The normalized spacial score (nSPS) is 22.2. The van der Waals surface area contributed by atoms with Gasteiger partial charge in [0, 0.05) is 19.0 Å². The molecule has 2 aliphatic rings. The summed E-state index contributed by atoms with van der Waals surface area (Å²) in [5.41, 5.74) is 2.86. The van der Waals surface area contributed by atoms with Crippen LogP contribution in [-0.4, -0.2) is 18.6 Å². The van der Waals surface area contributed by atoms with Gasteiger partial charge in [0.2, 0.25) is 0 Å². The number of aromatic nitrogens is 1. The lowest BCUT2D eigenvalue weighted by atomic mass is 10.1. The number of rotatable bonds is 0. The van der Waals surface area contributed by atoms with Gasteiger partial charge in [-0.1, -0.05) is 11.6 Å². The van der Waals surface area contributed by atoms with E-state index >= 15 is 0 Å². The predicted molar refractivity (Wildman–Crippen MR) is 53.4 cm³/mol. The maximum absolute atomic E-state index is 5.90. The Hall–Kier alpha value is -0.760. The maximum atomic E-state index is 5.90. The van der Waals surface area contributed by atoms with Gasteiger partial charge in [-0.15, -0.1) is 0 Å². The molecule has 0 atom stereocenters. The van der Waals surface area contributed by atoms with Crippen molar-refractivity contribution < 1.29 is 0 Å². The van der Waals surface area contributed by atoms with Crippen molar-refractivity contribution in [2.75, 3.05) is 18.5 Å². The van der Waals surface area contributed by atoms with Gasteiger partial charge in [0.1, 0.15) is 5.15 Å². The second-order valence-corrected chi connectivity index (χ2v) is 4.53. The molecule has 0 N–H and O–H groups in total. The van der Waals surface area contributed by atoms with Crippen molar-refractivity contribution in [3.05, 3.63) is 23.0 Å². The van der Waals surface area contributed by atoms with Gasteiger partial charge in [-0.3, -0.25) is 0 Å². The third-order valence-electron chi connectivity index (χ3n) is 3.15. The van der Waals surface area contributed by atoms with Crippen LogP contribution >= 0.6 is 11.6 Å². The van der Waals surface area contributed by atoms with Crippen LogP contribution in [0.2, 0.25) is 5.15 Å². The zero-order valence-corrected chi connectivity index (χ0v) is 8.30. The molecule has 68 valence electrons. The fourth-order valence-electron chi connectivity index (χ4n) is 2.29. The van der Waals surface area contributed by atoms with Crippen LogP contribution in [0.4, 0.5) is 5.69 Å². The van der Waals surface area contributed by atoms with E-state index < -0.39 is 0 Å². The third-order valence-corrected chi connectivity index (χ3v) is 3.36. The predicted octanol–water partition coefficient (Wildman–Crippen LogP) is 2.22. The first kappa shape index (κ1) is 7.63. The molecule has 0 bridgehead atoms. The Morgan fingerprint density at radius 3 is 2.92 bits per heavy atom. The number of fused-ring (bicyclic) bond motifs is 2. The molecule has 0 radical (unpaired) electrons. The van der Waals surface area contributed by atoms with Gasteiger partial charge in [0.05, 0.1) is 11.4 Å². The molecule has 0 amide bonds. The smallest absolute Gasteiger partial charge is 0.129 e. The van der Waals surface area contributed by atoms with Crippen LogP contribution in [0, 0.1) is 0 Å². The van der Waals surface area contributed by atoms with E-state index in [4.69, 9.17) is 11.6 Å². The maximum Gasteiger partial charge on any atom is 0.129 e. The van der Waals surface area contributed by atoms with Crippen LogP contribution in [0.15, 0.2) is 12.1 Å². The van der Waals surface area contributed by atoms with E-state index in [2.05, 4.69) is 23.0 Å². The fourth-order valence-corrected chi connectivity index (χ4v) is 2.43. The number of likely N-dealkylation sites (N-methyl/N-ethyl adjacent to an activating group) is 1. The van der Waals surface area contributed by atoms with Crippen LogP contribution < -0.4 is 4.90 Å². The highest BCUT2D eigenvalue weighted by atomic mass is 35.5. The summed E-state index contributed by atoms with van der Waals surface area (Å²) in [4.78, 5) is 6.73. The van der Waals surface area contributed by atoms with Crippen molar-refractivity contribution >= 4 is 17.3 Å². The lowest BCUT2D eigenvalue weighted by Gasteiger charge is -2.10. The molecule has 0 unspecified atom stereocenters. The van der Waals surface area contributed by atoms with E-state index in [9.17, 15) is 0 Å². The molecule has 1 aromatic heterocycles. The summed E-state index contributed by atoms with van der Waals surface area (Å²) in [5, 5.41) is 0.625. The fraction of sp³-hybridized carbons (Fsp3) is 0.500. The van der Waals surface area contributed by atoms with Crippen LogP contribution in [0.25, 0.3) is 0 Å². The zero-order chi connectivity index (χ0) is 9.05. The molecule has 0 aromatic carbocycles. The minimum absolute atomic E-state index is 0.370. The minimum atomic E-state index is 0.370. The largest absolute Gasteiger partial charge is 0.372 e. The second-order valence-electron chi connectivity index (χ2n) is 4.14. The van der Waals surface area contributed by atoms with Crippen molar-refractivity contribution in [2.45, 2.75) is 18.3 Å². The topological polar surface area (TPSA) is 16.1 Å². The van der Waals surface area contributed by atoms with Crippen molar-refractivity contribution in [2.24, 2.45) is 0 Å². The number of hydrogen-bond acceptors (Lipinski definition) is 2. The Labute approximate surface area is 82.5 Å². The summed E-state index contributed by atoms with van der Waals surface area (Å²) < 4.78 is 0. The Bertz CT molecular complexity index is 371. The van der Waals surface area contributed by atoms with Gasteiger partial charge in [0.25, 0.3) is 0 Å². The van der Waals surface area contributed by atoms with E-state index in [1.807, 2.05) is 6.07 Å². The molecular weight excluding hydrogens is 184 g/mol. The van der Waals surface area contributed by atoms with E-state index in [0.717, 1.165) is 6.54 Å². The first-order valence-corrected chi connectivity index (χ1v) is 4.97. The summed E-state index contributed by atoms with van der Waals surface area (Å²) in [7, 11) is 2.13. The van der Waals surface area contributed by atoms with Crippen molar-refractivity contribution in [1.29, 1.82) is 0 Å². The average molecular weight is 195 g/mol. The van der Waals surface area contributed by atoms with Crippen LogP contribution in [0.5, 0.6) is 0 Å². The third kappa shape index (κ3) is 0.923. The van der Waals surface area contributed by atoms with E-state index in [-0.39, 0.29) is 0 Å². The first-order valence-electron chi connectivity index (χ1n) is 4.59. The number of anilines is 1. The lowest BCUT2D eigenvalue weighted by Crippen LogP contribution is -2.18. The van der Waals surface area contributed by atoms with Gasteiger partial charge < -0.3 is 4.90 Å². The number of halogens is 1. The molecular formula is C10H11ClN2. The molecule has 0 saturated heterocycles. The van der Waals surface area contributed by atoms with Gasteiger partial charge in [-0.25, -0.2) is 4.98 Å². The Morgan fingerprint density at radius 1 is 1.46 bits per heavy atom.